The molecular formula is C35H44F4N4O4. The number of amides is 4. The van der Waals surface area contributed by atoms with Crippen molar-refractivity contribution >= 4 is 23.4 Å². The number of hydrogen-bond acceptors (Lipinski definition) is 4. The summed E-state index contributed by atoms with van der Waals surface area (Å²) in [6.07, 6.45) is 6.19. The first-order valence-corrected chi connectivity index (χ1v) is 16.2. The van der Waals surface area contributed by atoms with Gasteiger partial charge >= 0.3 is 12.1 Å². The quantitative estimate of drug-likeness (QED) is 0.112. The maximum absolute atomic E-state index is 15.0. The minimum atomic E-state index is -1.79. The number of carbonyl (C=O) groups is 2. The molecule has 256 valence electrons. The number of urea groups is 2. The number of rotatable bonds is 17. The van der Waals surface area contributed by atoms with Gasteiger partial charge in [-0.15, -0.1) is 0 Å². The number of benzene rings is 3. The van der Waals surface area contributed by atoms with Crippen molar-refractivity contribution in [3.8, 4) is 23.0 Å². The summed E-state index contributed by atoms with van der Waals surface area (Å²) in [5.74, 6) is -9.96. The summed E-state index contributed by atoms with van der Waals surface area (Å²) < 4.78 is 70.2. The van der Waals surface area contributed by atoms with E-state index in [4.69, 9.17) is 9.47 Å². The summed E-state index contributed by atoms with van der Waals surface area (Å²) in [5.41, 5.74) is 0.806. The van der Waals surface area contributed by atoms with Crippen LogP contribution < -0.4 is 20.1 Å². The molecule has 2 N–H and O–H groups in total. The van der Waals surface area contributed by atoms with Crippen LogP contribution in [0.3, 0.4) is 0 Å². The predicted octanol–water partition coefficient (Wildman–Crippen LogP) is 10.3. The second-order valence-electron chi connectivity index (χ2n) is 11.1. The maximum atomic E-state index is 15.0. The molecule has 0 unspecified atom stereocenters. The molecule has 0 radical (unpaired) electrons. The summed E-state index contributed by atoms with van der Waals surface area (Å²) >= 11 is 0. The Morgan fingerprint density at radius 3 is 1.15 bits per heavy atom. The molecule has 0 heterocycles. The molecule has 0 saturated carbocycles. The molecule has 3 aromatic carbocycles. The van der Waals surface area contributed by atoms with Crippen molar-refractivity contribution in [2.24, 2.45) is 0 Å². The Morgan fingerprint density at radius 2 is 0.851 bits per heavy atom. The van der Waals surface area contributed by atoms with Crippen LogP contribution in [0.15, 0.2) is 48.5 Å². The number of anilines is 2. The van der Waals surface area contributed by atoms with Gasteiger partial charge in [0.25, 0.3) is 0 Å². The van der Waals surface area contributed by atoms with Crippen molar-refractivity contribution in [2.45, 2.75) is 72.6 Å². The lowest BCUT2D eigenvalue weighted by molar-refractivity contribution is 0.209. The van der Waals surface area contributed by atoms with Gasteiger partial charge in [0.05, 0.1) is 0 Å². The lowest BCUT2D eigenvalue weighted by Crippen LogP contribution is -2.36. The number of nitrogens with one attached hydrogen (secondary N) is 2. The van der Waals surface area contributed by atoms with Crippen LogP contribution in [0, 0.1) is 23.3 Å². The predicted molar refractivity (Wildman–Crippen MR) is 176 cm³/mol. The number of nitrogens with zero attached hydrogens (tertiary/aromatic N) is 2. The minimum absolute atomic E-state index is 0.119. The molecule has 4 amide bonds. The fraction of sp³-hybridized carbons (Fsp3) is 0.429. The van der Waals surface area contributed by atoms with Crippen molar-refractivity contribution < 1.29 is 36.6 Å². The van der Waals surface area contributed by atoms with E-state index in [0.717, 1.165) is 44.9 Å². The average molecular weight is 661 g/mol. The van der Waals surface area contributed by atoms with Gasteiger partial charge < -0.3 is 29.9 Å². The van der Waals surface area contributed by atoms with E-state index >= 15 is 0 Å². The largest absolute Gasteiger partial charge is 0.451 e. The van der Waals surface area contributed by atoms with Crippen molar-refractivity contribution in [3.63, 3.8) is 0 Å². The fourth-order valence-corrected chi connectivity index (χ4v) is 4.57. The number of hydrogen-bond donors (Lipinski definition) is 2. The molecule has 3 aromatic rings. The lowest BCUT2D eigenvalue weighted by atomic mass is 10.2. The van der Waals surface area contributed by atoms with E-state index in [0.29, 0.717) is 37.6 Å². The molecule has 0 aliphatic heterocycles. The second-order valence-corrected chi connectivity index (χ2v) is 11.1. The van der Waals surface area contributed by atoms with Crippen molar-refractivity contribution in [1.82, 2.24) is 9.80 Å². The summed E-state index contributed by atoms with van der Waals surface area (Å²) in [6, 6.07) is 10.4. The molecule has 0 aliphatic rings. The van der Waals surface area contributed by atoms with Gasteiger partial charge in [-0.2, -0.15) is 17.6 Å². The van der Waals surface area contributed by atoms with Gasteiger partial charge in [-0.05, 0) is 74.2 Å². The zero-order valence-corrected chi connectivity index (χ0v) is 27.4. The number of unbranched alkanes of at least 4 members (excludes halogenated alkanes) is 3. The third-order valence-corrected chi connectivity index (χ3v) is 7.25. The van der Waals surface area contributed by atoms with E-state index in [1.165, 1.54) is 48.5 Å². The summed E-state index contributed by atoms with van der Waals surface area (Å²) in [5, 5.41) is 5.53. The molecule has 0 aliphatic carbocycles. The molecule has 0 saturated heterocycles. The molecule has 0 bridgehead atoms. The average Bonchev–Trinajstić information content (AvgIpc) is 3.07. The lowest BCUT2D eigenvalue weighted by Gasteiger charge is -2.23. The molecule has 8 nitrogen and oxygen atoms in total. The van der Waals surface area contributed by atoms with Crippen molar-refractivity contribution in [1.29, 1.82) is 0 Å². The third kappa shape index (κ3) is 10.5. The van der Waals surface area contributed by atoms with Crippen LogP contribution in [0.5, 0.6) is 23.0 Å². The van der Waals surface area contributed by atoms with Crippen LogP contribution in [0.25, 0.3) is 0 Å². The van der Waals surface area contributed by atoms with Crippen LogP contribution >= 0.6 is 0 Å². The molecule has 47 heavy (non-hydrogen) atoms. The Hall–Kier alpha value is -4.48. The van der Waals surface area contributed by atoms with Gasteiger partial charge in [0.15, 0.2) is 0 Å². The SMILES string of the molecule is CCCCN(CCC)C(=O)Nc1ccc(Oc2c(F)c(F)c(Oc3ccc(NC(=O)N(CCCC)CCCC)cc3)c(F)c2F)cc1. The van der Waals surface area contributed by atoms with Gasteiger partial charge in [-0.3, -0.25) is 0 Å². The van der Waals surface area contributed by atoms with E-state index in [1.54, 1.807) is 9.80 Å². The number of ether oxygens (including phenoxy) is 2. The smallest absolute Gasteiger partial charge is 0.321 e. The molecule has 0 fully saturated rings. The van der Waals surface area contributed by atoms with Crippen LogP contribution in [0.1, 0.15) is 72.6 Å². The Labute approximate surface area is 274 Å². The molecule has 0 aromatic heterocycles. The summed E-state index contributed by atoms with van der Waals surface area (Å²) in [6.45, 7) is 10.5. The second kappa shape index (κ2) is 18.6. The standard InChI is InChI=1S/C35H44F4N4O4/c1-5-9-21-42(20-8-4)34(44)40-24-12-16-26(17-13-24)46-32-28(36)30(38)33(31(39)29(32)37)47-27-18-14-25(15-19-27)41-35(45)43(22-10-6-2)23-11-7-3/h12-19H,5-11,20-23H2,1-4H3,(H,40,44)(H,41,45). The Kier molecular flexibility index (Phi) is 14.6. The van der Waals surface area contributed by atoms with E-state index in [-0.39, 0.29) is 23.6 Å². The zero-order chi connectivity index (χ0) is 34.3. The van der Waals surface area contributed by atoms with E-state index in [1.807, 2.05) is 27.7 Å². The highest BCUT2D eigenvalue weighted by atomic mass is 19.2. The van der Waals surface area contributed by atoms with Gasteiger partial charge in [0.2, 0.25) is 34.8 Å². The first-order chi connectivity index (χ1) is 22.6. The van der Waals surface area contributed by atoms with Gasteiger partial charge in [0.1, 0.15) is 11.5 Å². The normalized spacial score (nSPS) is 10.8. The van der Waals surface area contributed by atoms with Crippen LogP contribution in [-0.2, 0) is 0 Å². The summed E-state index contributed by atoms with van der Waals surface area (Å²) in [4.78, 5) is 28.8. The van der Waals surface area contributed by atoms with E-state index in [9.17, 15) is 27.2 Å². The van der Waals surface area contributed by atoms with Gasteiger partial charge in [-0.1, -0.05) is 47.0 Å². The minimum Gasteiger partial charge on any atom is -0.451 e. The Bertz CT molecular complexity index is 1420. The van der Waals surface area contributed by atoms with E-state index < -0.39 is 34.8 Å². The highest BCUT2D eigenvalue weighted by Crippen LogP contribution is 2.39. The van der Waals surface area contributed by atoms with Gasteiger partial charge in [-0.25, -0.2) is 9.59 Å². The number of halogens is 4. The Balaban J connectivity index is 1.69. The Morgan fingerprint density at radius 1 is 0.532 bits per heavy atom. The van der Waals surface area contributed by atoms with Crippen molar-refractivity contribution in [2.75, 3.05) is 36.8 Å². The first-order valence-electron chi connectivity index (χ1n) is 16.2. The third-order valence-electron chi connectivity index (χ3n) is 7.25. The van der Waals surface area contributed by atoms with E-state index in [2.05, 4.69) is 10.6 Å². The summed E-state index contributed by atoms with van der Waals surface area (Å²) in [7, 11) is 0. The monoisotopic (exact) mass is 660 g/mol. The molecular weight excluding hydrogens is 616 g/mol. The molecule has 3 rings (SSSR count). The van der Waals surface area contributed by atoms with Crippen LogP contribution in [0.4, 0.5) is 38.5 Å². The highest BCUT2D eigenvalue weighted by molar-refractivity contribution is 5.90. The first kappa shape index (κ1) is 37.0. The molecule has 12 heteroatoms. The van der Waals surface area contributed by atoms with Gasteiger partial charge in [0, 0.05) is 37.6 Å². The highest BCUT2D eigenvalue weighted by Gasteiger charge is 2.29. The van der Waals surface area contributed by atoms with Crippen LogP contribution in [0.2, 0.25) is 0 Å². The molecule has 0 atom stereocenters. The van der Waals surface area contributed by atoms with Crippen LogP contribution in [-0.4, -0.2) is 48.0 Å². The topological polar surface area (TPSA) is 83.1 Å². The fourth-order valence-electron chi connectivity index (χ4n) is 4.57. The maximum Gasteiger partial charge on any atom is 0.321 e. The zero-order valence-electron chi connectivity index (χ0n) is 27.4. The molecule has 0 spiro atoms. The number of carbonyl (C=O) groups excluding carboxylic acids is 2. The van der Waals surface area contributed by atoms with Crippen molar-refractivity contribution in [3.05, 3.63) is 71.8 Å².